The van der Waals surface area contributed by atoms with Crippen LogP contribution in [0.4, 0.5) is 6.01 Å². The molecule has 1 aliphatic rings. The summed E-state index contributed by atoms with van der Waals surface area (Å²) in [5.74, 6) is 0.594. The molecule has 0 radical (unpaired) electrons. The number of aryl methyl sites for hydroxylation is 1. The highest BCUT2D eigenvalue weighted by Crippen LogP contribution is 2.20. The van der Waals surface area contributed by atoms with Gasteiger partial charge in [0.05, 0.1) is 18.4 Å². The zero-order chi connectivity index (χ0) is 13.8. The van der Waals surface area contributed by atoms with Crippen molar-refractivity contribution in [3.05, 3.63) is 36.0 Å². The number of aromatic nitrogens is 3. The second kappa shape index (κ2) is 6.00. The fourth-order valence-electron chi connectivity index (χ4n) is 2.35. The Balaban J connectivity index is 1.55. The minimum absolute atomic E-state index is 0.179. The largest absolute Gasteiger partial charge is 0.408 e. The third-order valence-electron chi connectivity index (χ3n) is 3.36. The van der Waals surface area contributed by atoms with E-state index in [1.807, 2.05) is 18.2 Å². The summed E-state index contributed by atoms with van der Waals surface area (Å²) in [6.45, 7) is 4.07. The first kappa shape index (κ1) is 13.1. The molecule has 2 aromatic rings. The molecule has 0 aliphatic carbocycles. The molecule has 0 unspecified atom stereocenters. The lowest BCUT2D eigenvalue weighted by Gasteiger charge is -2.31. The summed E-state index contributed by atoms with van der Waals surface area (Å²) < 4.78 is 11.4. The molecule has 3 heterocycles. The quantitative estimate of drug-likeness (QED) is 0.849. The Morgan fingerprint density at radius 1 is 1.40 bits per heavy atom. The van der Waals surface area contributed by atoms with E-state index in [9.17, 15) is 0 Å². The lowest BCUT2D eigenvalue weighted by molar-refractivity contribution is 0.0289. The predicted octanol–water partition coefficient (Wildman–Crippen LogP) is 1.96. The Hall–Kier alpha value is -1.95. The standard InChI is InChI=1S/C14H18N4O2/c1-11-16-17-14(20-11)18-8-4-6-13(9-18)19-10-12-5-2-3-7-15-12/h2-3,5,7,13H,4,6,8-10H2,1H3/t13-/m1/s1. The fourth-order valence-corrected chi connectivity index (χ4v) is 2.35. The van der Waals surface area contributed by atoms with Crippen molar-refractivity contribution in [2.75, 3.05) is 18.0 Å². The van der Waals surface area contributed by atoms with Crippen molar-refractivity contribution in [1.82, 2.24) is 15.2 Å². The molecule has 1 fully saturated rings. The van der Waals surface area contributed by atoms with E-state index in [1.54, 1.807) is 13.1 Å². The summed E-state index contributed by atoms with van der Waals surface area (Å²) in [5.41, 5.74) is 0.957. The van der Waals surface area contributed by atoms with Gasteiger partial charge in [-0.05, 0) is 25.0 Å². The molecule has 0 bridgehead atoms. The van der Waals surface area contributed by atoms with Gasteiger partial charge >= 0.3 is 6.01 Å². The van der Waals surface area contributed by atoms with Crippen LogP contribution in [0.2, 0.25) is 0 Å². The molecule has 0 saturated carbocycles. The minimum atomic E-state index is 0.179. The first-order valence-electron chi connectivity index (χ1n) is 6.88. The third kappa shape index (κ3) is 3.14. The molecule has 1 saturated heterocycles. The van der Waals surface area contributed by atoms with E-state index in [0.29, 0.717) is 18.5 Å². The lowest BCUT2D eigenvalue weighted by Crippen LogP contribution is -2.39. The summed E-state index contributed by atoms with van der Waals surface area (Å²) in [5, 5.41) is 7.93. The van der Waals surface area contributed by atoms with E-state index in [-0.39, 0.29) is 6.10 Å². The summed E-state index contributed by atoms with van der Waals surface area (Å²) in [4.78, 5) is 6.35. The van der Waals surface area contributed by atoms with Gasteiger partial charge < -0.3 is 14.1 Å². The van der Waals surface area contributed by atoms with E-state index >= 15 is 0 Å². The Bertz CT molecular complexity index is 543. The van der Waals surface area contributed by atoms with E-state index in [1.165, 1.54) is 0 Å². The van der Waals surface area contributed by atoms with Gasteiger partial charge in [0.2, 0.25) is 5.89 Å². The highest BCUT2D eigenvalue weighted by molar-refractivity contribution is 5.25. The van der Waals surface area contributed by atoms with Gasteiger partial charge in [0.15, 0.2) is 0 Å². The molecule has 6 heteroatoms. The molecule has 0 amide bonds. The maximum atomic E-state index is 5.93. The Kier molecular flexibility index (Phi) is 3.92. The van der Waals surface area contributed by atoms with E-state index in [4.69, 9.17) is 9.15 Å². The van der Waals surface area contributed by atoms with Gasteiger partial charge in [-0.2, -0.15) is 0 Å². The summed E-state index contributed by atoms with van der Waals surface area (Å²) in [6, 6.07) is 6.44. The third-order valence-corrected chi connectivity index (χ3v) is 3.36. The van der Waals surface area contributed by atoms with Crippen molar-refractivity contribution in [1.29, 1.82) is 0 Å². The molecule has 3 rings (SSSR count). The normalized spacial score (nSPS) is 19.2. The number of hydrogen-bond donors (Lipinski definition) is 0. The number of rotatable bonds is 4. The number of pyridine rings is 1. The zero-order valence-electron chi connectivity index (χ0n) is 11.5. The van der Waals surface area contributed by atoms with Crippen LogP contribution >= 0.6 is 0 Å². The molecular weight excluding hydrogens is 256 g/mol. The van der Waals surface area contributed by atoms with Crippen LogP contribution < -0.4 is 4.90 Å². The van der Waals surface area contributed by atoms with Gasteiger partial charge in [-0.15, -0.1) is 5.10 Å². The van der Waals surface area contributed by atoms with Crippen molar-refractivity contribution >= 4 is 6.01 Å². The minimum Gasteiger partial charge on any atom is -0.408 e. The molecule has 1 aliphatic heterocycles. The molecule has 0 aromatic carbocycles. The second-order valence-corrected chi connectivity index (χ2v) is 4.95. The molecule has 6 nitrogen and oxygen atoms in total. The van der Waals surface area contributed by atoms with E-state index < -0.39 is 0 Å². The Morgan fingerprint density at radius 3 is 3.10 bits per heavy atom. The van der Waals surface area contributed by atoms with Crippen molar-refractivity contribution in [3.63, 3.8) is 0 Å². The molecular formula is C14H18N4O2. The SMILES string of the molecule is Cc1nnc(N2CCC[C@@H](OCc3ccccn3)C2)o1. The second-order valence-electron chi connectivity index (χ2n) is 4.95. The maximum Gasteiger partial charge on any atom is 0.318 e. The van der Waals surface area contributed by atoms with Crippen molar-refractivity contribution in [3.8, 4) is 0 Å². The molecule has 0 spiro atoms. The molecule has 106 valence electrons. The van der Waals surface area contributed by atoms with Crippen molar-refractivity contribution < 1.29 is 9.15 Å². The highest BCUT2D eigenvalue weighted by atomic mass is 16.5. The van der Waals surface area contributed by atoms with E-state index in [2.05, 4.69) is 20.1 Å². The van der Waals surface area contributed by atoms with Crippen LogP contribution in [0.15, 0.2) is 28.8 Å². The molecule has 2 aromatic heterocycles. The van der Waals surface area contributed by atoms with Gasteiger partial charge in [0.1, 0.15) is 0 Å². The smallest absolute Gasteiger partial charge is 0.318 e. The predicted molar refractivity (Wildman–Crippen MR) is 73.3 cm³/mol. The number of ether oxygens (including phenoxy) is 1. The zero-order valence-corrected chi connectivity index (χ0v) is 11.5. The van der Waals surface area contributed by atoms with Gasteiger partial charge in [0.25, 0.3) is 0 Å². The average molecular weight is 274 g/mol. The first-order chi connectivity index (χ1) is 9.81. The van der Waals surface area contributed by atoms with Crippen LogP contribution in [0.5, 0.6) is 0 Å². The average Bonchev–Trinajstić information content (AvgIpc) is 2.93. The number of anilines is 1. The maximum absolute atomic E-state index is 5.93. The Labute approximate surface area is 117 Å². The number of nitrogens with zero attached hydrogens (tertiary/aromatic N) is 4. The molecule has 0 N–H and O–H groups in total. The van der Waals surface area contributed by atoms with Gasteiger partial charge in [-0.1, -0.05) is 11.2 Å². The number of piperidine rings is 1. The van der Waals surface area contributed by atoms with Crippen LogP contribution in [0.25, 0.3) is 0 Å². The topological polar surface area (TPSA) is 64.3 Å². The summed E-state index contributed by atoms with van der Waals surface area (Å²) in [7, 11) is 0. The van der Waals surface area contributed by atoms with Crippen molar-refractivity contribution in [2.45, 2.75) is 32.5 Å². The van der Waals surface area contributed by atoms with Gasteiger partial charge in [-0.3, -0.25) is 4.98 Å². The van der Waals surface area contributed by atoms with Crippen LogP contribution in [0.3, 0.4) is 0 Å². The first-order valence-corrected chi connectivity index (χ1v) is 6.88. The Morgan fingerprint density at radius 2 is 2.35 bits per heavy atom. The van der Waals surface area contributed by atoms with Gasteiger partial charge in [0, 0.05) is 26.2 Å². The molecule has 1 atom stereocenters. The van der Waals surface area contributed by atoms with Crippen LogP contribution in [0, 0.1) is 6.92 Å². The lowest BCUT2D eigenvalue weighted by atomic mass is 10.1. The fraction of sp³-hybridized carbons (Fsp3) is 0.500. The van der Waals surface area contributed by atoms with Crippen LogP contribution in [0.1, 0.15) is 24.4 Å². The highest BCUT2D eigenvalue weighted by Gasteiger charge is 2.24. The summed E-state index contributed by atoms with van der Waals surface area (Å²) >= 11 is 0. The summed E-state index contributed by atoms with van der Waals surface area (Å²) in [6.07, 6.45) is 4.08. The van der Waals surface area contributed by atoms with Crippen LogP contribution in [-0.4, -0.2) is 34.4 Å². The molecule has 20 heavy (non-hydrogen) atoms. The van der Waals surface area contributed by atoms with Crippen molar-refractivity contribution in [2.24, 2.45) is 0 Å². The van der Waals surface area contributed by atoms with Crippen LogP contribution in [-0.2, 0) is 11.3 Å². The monoisotopic (exact) mass is 274 g/mol. The van der Waals surface area contributed by atoms with Gasteiger partial charge in [-0.25, -0.2) is 0 Å². The number of hydrogen-bond acceptors (Lipinski definition) is 6. The van der Waals surface area contributed by atoms with E-state index in [0.717, 1.165) is 31.6 Å².